The first-order valence-corrected chi connectivity index (χ1v) is 8.83. The summed E-state index contributed by atoms with van der Waals surface area (Å²) in [6.45, 7) is 1.50. The molecule has 0 atom stereocenters. The van der Waals surface area contributed by atoms with E-state index in [0.717, 1.165) is 0 Å². The zero-order valence-corrected chi connectivity index (χ0v) is 15.2. The van der Waals surface area contributed by atoms with Crippen LogP contribution in [0.2, 0.25) is 0 Å². The summed E-state index contributed by atoms with van der Waals surface area (Å²) >= 11 is 0. The summed E-state index contributed by atoms with van der Waals surface area (Å²) in [5.41, 5.74) is 2.26. The van der Waals surface area contributed by atoms with Crippen molar-refractivity contribution in [1.29, 1.82) is 0 Å². The topological polar surface area (TPSA) is 62.8 Å². The summed E-state index contributed by atoms with van der Waals surface area (Å²) in [5, 5.41) is 5.53. The highest BCUT2D eigenvalue weighted by atomic mass is 19.1. The molecule has 146 valence electrons. The lowest BCUT2D eigenvalue weighted by Crippen LogP contribution is -2.30. The molecule has 0 spiro atoms. The second-order valence-corrected chi connectivity index (χ2v) is 6.56. The molecule has 0 bridgehead atoms. The highest BCUT2D eigenvalue weighted by Gasteiger charge is 2.24. The molecule has 2 aromatic rings. The Morgan fingerprint density at radius 1 is 1.21 bits per heavy atom. The Kier molecular flexibility index (Phi) is 4.97. The van der Waals surface area contributed by atoms with Crippen molar-refractivity contribution < 1.29 is 23.0 Å². The fraction of sp³-hybridized carbons (Fsp3) is 0.250. The fourth-order valence-corrected chi connectivity index (χ4v) is 3.21. The van der Waals surface area contributed by atoms with Crippen LogP contribution in [0.4, 0.5) is 25.8 Å². The average Bonchev–Trinajstić information content (AvgIpc) is 3.26. The van der Waals surface area contributed by atoms with Crippen molar-refractivity contribution in [3.8, 4) is 0 Å². The van der Waals surface area contributed by atoms with Gasteiger partial charge in [0.2, 0.25) is 0 Å². The SMILES string of the molecule is CN(CC1OCCO1)c1ccc(N/C=C2/C(=O)Nc3cc(F)ccc32)cc1F. The van der Waals surface area contributed by atoms with Crippen molar-refractivity contribution >= 4 is 28.5 Å². The summed E-state index contributed by atoms with van der Waals surface area (Å²) in [6.07, 6.45) is 1.12. The van der Waals surface area contributed by atoms with Gasteiger partial charge in [0.05, 0.1) is 36.7 Å². The van der Waals surface area contributed by atoms with Crippen LogP contribution in [0.1, 0.15) is 5.56 Å². The lowest BCUT2D eigenvalue weighted by atomic mass is 10.1. The molecule has 2 heterocycles. The summed E-state index contributed by atoms with van der Waals surface area (Å²) in [4.78, 5) is 13.8. The van der Waals surface area contributed by atoms with Crippen LogP contribution in [0.15, 0.2) is 42.6 Å². The van der Waals surface area contributed by atoms with E-state index in [4.69, 9.17) is 9.47 Å². The van der Waals surface area contributed by atoms with Gasteiger partial charge in [-0.05, 0) is 36.4 Å². The molecule has 0 unspecified atom stereocenters. The lowest BCUT2D eigenvalue weighted by molar-refractivity contribution is -0.110. The molecule has 1 fully saturated rings. The highest BCUT2D eigenvalue weighted by Crippen LogP contribution is 2.32. The second kappa shape index (κ2) is 7.57. The molecule has 1 amide bonds. The Morgan fingerprint density at radius 2 is 2.00 bits per heavy atom. The third kappa shape index (κ3) is 3.69. The lowest BCUT2D eigenvalue weighted by Gasteiger charge is -2.23. The van der Waals surface area contributed by atoms with Gasteiger partial charge >= 0.3 is 0 Å². The number of fused-ring (bicyclic) bond motifs is 1. The summed E-state index contributed by atoms with van der Waals surface area (Å²) < 4.78 is 38.6. The molecule has 2 aromatic carbocycles. The summed E-state index contributed by atoms with van der Waals surface area (Å²) in [7, 11) is 1.76. The van der Waals surface area contributed by atoms with Gasteiger partial charge in [0, 0.05) is 24.5 Å². The molecule has 4 rings (SSSR count). The molecular weight excluding hydrogens is 368 g/mol. The van der Waals surface area contributed by atoms with Gasteiger partial charge in [-0.2, -0.15) is 0 Å². The van der Waals surface area contributed by atoms with Crippen molar-refractivity contribution in [2.24, 2.45) is 0 Å². The van der Waals surface area contributed by atoms with Crippen molar-refractivity contribution in [2.45, 2.75) is 6.29 Å². The van der Waals surface area contributed by atoms with Gasteiger partial charge in [-0.25, -0.2) is 8.78 Å². The first-order chi connectivity index (χ1) is 13.5. The van der Waals surface area contributed by atoms with Gasteiger partial charge in [0.25, 0.3) is 5.91 Å². The predicted octanol–water partition coefficient (Wildman–Crippen LogP) is 3.18. The molecule has 6 nitrogen and oxygen atoms in total. The van der Waals surface area contributed by atoms with E-state index in [0.29, 0.717) is 48.0 Å². The number of amides is 1. The number of halogens is 2. The number of nitrogens with one attached hydrogen (secondary N) is 2. The van der Waals surface area contributed by atoms with Crippen molar-refractivity contribution in [2.75, 3.05) is 42.3 Å². The van der Waals surface area contributed by atoms with E-state index in [1.54, 1.807) is 24.1 Å². The second-order valence-electron chi connectivity index (χ2n) is 6.56. The van der Waals surface area contributed by atoms with Crippen molar-refractivity contribution in [3.63, 3.8) is 0 Å². The maximum atomic E-state index is 14.5. The quantitative estimate of drug-likeness (QED) is 0.772. The van der Waals surface area contributed by atoms with Crippen LogP contribution < -0.4 is 15.5 Å². The van der Waals surface area contributed by atoms with Crippen LogP contribution in [-0.4, -0.2) is 39.0 Å². The monoisotopic (exact) mass is 387 g/mol. The minimum absolute atomic E-state index is 0.346. The zero-order chi connectivity index (χ0) is 19.7. The average molecular weight is 387 g/mol. The van der Waals surface area contributed by atoms with Crippen LogP contribution in [-0.2, 0) is 14.3 Å². The van der Waals surface area contributed by atoms with Gasteiger partial charge in [0.15, 0.2) is 6.29 Å². The molecular formula is C20H19F2N3O3. The minimum atomic E-state index is -0.427. The number of rotatable bonds is 5. The molecule has 2 N–H and O–H groups in total. The Balaban J connectivity index is 1.48. The number of ether oxygens (including phenoxy) is 2. The van der Waals surface area contributed by atoms with Gasteiger partial charge in [0.1, 0.15) is 11.6 Å². The standard InChI is InChI=1S/C20H19F2N3O3/c1-25(11-19-27-6-7-28-19)18-5-3-13(9-16(18)22)23-10-15-14-4-2-12(21)8-17(14)24-20(15)26/h2-5,8-10,19,23H,6-7,11H2,1H3,(H,24,26)/b15-10+. The molecule has 0 radical (unpaired) electrons. The smallest absolute Gasteiger partial charge is 0.257 e. The number of carbonyl (C=O) groups excluding carboxylic acids is 1. The molecule has 1 saturated heterocycles. The Hall–Kier alpha value is -2.97. The Bertz CT molecular complexity index is 942. The number of benzene rings is 2. The van der Waals surface area contributed by atoms with Gasteiger partial charge < -0.3 is 25.0 Å². The molecule has 2 aliphatic rings. The van der Waals surface area contributed by atoms with E-state index >= 15 is 0 Å². The van der Waals surface area contributed by atoms with Crippen LogP contribution in [0, 0.1) is 11.6 Å². The third-order valence-corrected chi connectivity index (χ3v) is 4.62. The number of likely N-dealkylation sites (N-methyl/N-ethyl adjacent to an activating group) is 1. The number of carbonyl (C=O) groups is 1. The van der Waals surface area contributed by atoms with Gasteiger partial charge in [-0.1, -0.05) is 0 Å². The molecule has 0 aromatic heterocycles. The molecule has 8 heteroatoms. The van der Waals surface area contributed by atoms with Crippen LogP contribution in [0.25, 0.3) is 5.57 Å². The largest absolute Gasteiger partial charge is 0.367 e. The van der Waals surface area contributed by atoms with Crippen LogP contribution in [0.3, 0.4) is 0 Å². The van der Waals surface area contributed by atoms with E-state index in [9.17, 15) is 13.6 Å². The fourth-order valence-electron chi connectivity index (χ4n) is 3.21. The number of nitrogens with zero attached hydrogens (tertiary/aromatic N) is 1. The van der Waals surface area contributed by atoms with E-state index in [-0.39, 0.29) is 12.2 Å². The van der Waals surface area contributed by atoms with E-state index < -0.39 is 11.6 Å². The normalized spacial score (nSPS) is 17.7. The van der Waals surface area contributed by atoms with E-state index in [1.807, 2.05) is 0 Å². The Morgan fingerprint density at radius 3 is 2.75 bits per heavy atom. The van der Waals surface area contributed by atoms with E-state index in [2.05, 4.69) is 10.6 Å². The highest BCUT2D eigenvalue weighted by molar-refractivity contribution is 6.31. The van der Waals surface area contributed by atoms with Gasteiger partial charge in [-0.3, -0.25) is 4.79 Å². The Labute approximate surface area is 160 Å². The first-order valence-electron chi connectivity index (χ1n) is 8.83. The number of hydrogen-bond donors (Lipinski definition) is 2. The molecule has 0 saturated carbocycles. The zero-order valence-electron chi connectivity index (χ0n) is 15.2. The molecule has 28 heavy (non-hydrogen) atoms. The summed E-state index contributed by atoms with van der Waals surface area (Å²) in [6, 6.07) is 8.77. The molecule has 0 aliphatic carbocycles. The van der Waals surface area contributed by atoms with Crippen LogP contribution >= 0.6 is 0 Å². The molecule has 2 aliphatic heterocycles. The number of anilines is 3. The van der Waals surface area contributed by atoms with Crippen LogP contribution in [0.5, 0.6) is 0 Å². The third-order valence-electron chi connectivity index (χ3n) is 4.62. The maximum Gasteiger partial charge on any atom is 0.257 e. The van der Waals surface area contributed by atoms with Crippen molar-refractivity contribution in [1.82, 2.24) is 0 Å². The predicted molar refractivity (Wildman–Crippen MR) is 102 cm³/mol. The van der Waals surface area contributed by atoms with Gasteiger partial charge in [-0.15, -0.1) is 0 Å². The first kappa shape index (κ1) is 18.4. The van der Waals surface area contributed by atoms with E-state index in [1.165, 1.54) is 30.5 Å². The van der Waals surface area contributed by atoms with Crippen molar-refractivity contribution in [3.05, 3.63) is 59.8 Å². The number of hydrogen-bond acceptors (Lipinski definition) is 5. The minimum Gasteiger partial charge on any atom is -0.367 e. The summed E-state index contributed by atoms with van der Waals surface area (Å²) in [5.74, 6) is -1.19. The maximum absolute atomic E-state index is 14.5.